The van der Waals surface area contributed by atoms with Crippen LogP contribution in [-0.2, 0) is 6.42 Å². The van der Waals surface area contributed by atoms with E-state index in [0.29, 0.717) is 0 Å². The van der Waals surface area contributed by atoms with Gasteiger partial charge in [-0.1, -0.05) is 50.2 Å². The Morgan fingerprint density at radius 1 is 1.00 bits per heavy atom. The summed E-state index contributed by atoms with van der Waals surface area (Å²) in [6.45, 7) is 5.00. The van der Waals surface area contributed by atoms with Crippen LogP contribution in [0.25, 0.3) is 0 Å². The Balaban J connectivity index is 2.21. The molecule has 0 aliphatic heterocycles. The first-order valence-electron chi connectivity index (χ1n) is 7.31. The third-order valence-corrected chi connectivity index (χ3v) is 3.41. The third kappa shape index (κ3) is 3.61. The zero-order chi connectivity index (χ0) is 14.4. The van der Waals surface area contributed by atoms with Crippen molar-refractivity contribution in [3.05, 3.63) is 65.2 Å². The molecule has 2 N–H and O–H groups in total. The third-order valence-electron chi connectivity index (χ3n) is 3.41. The van der Waals surface area contributed by atoms with Crippen molar-refractivity contribution < 1.29 is 4.74 Å². The number of nitrogens with two attached hydrogens (primary N) is 1. The molecule has 2 nitrogen and oxygen atoms in total. The van der Waals surface area contributed by atoms with Gasteiger partial charge < -0.3 is 10.5 Å². The second-order valence-electron chi connectivity index (χ2n) is 5.00. The molecular formula is C18H23NO. The highest BCUT2D eigenvalue weighted by Gasteiger charge is 2.10. The van der Waals surface area contributed by atoms with Crippen molar-refractivity contribution in [3.63, 3.8) is 0 Å². The van der Waals surface area contributed by atoms with Crippen LogP contribution in [0.3, 0.4) is 0 Å². The summed E-state index contributed by atoms with van der Waals surface area (Å²) in [6, 6.07) is 16.5. The molecule has 2 aromatic carbocycles. The van der Waals surface area contributed by atoms with E-state index >= 15 is 0 Å². The quantitative estimate of drug-likeness (QED) is 0.857. The Kier molecular flexibility index (Phi) is 5.19. The maximum absolute atomic E-state index is 6.38. The number of ether oxygens (including phenoxy) is 1. The Bertz CT molecular complexity index is 551. The van der Waals surface area contributed by atoms with Gasteiger partial charge in [-0.15, -0.1) is 0 Å². The molecule has 2 heteroatoms. The first-order chi connectivity index (χ1) is 9.74. The lowest BCUT2D eigenvalue weighted by molar-refractivity contribution is 0.317. The van der Waals surface area contributed by atoms with E-state index in [-0.39, 0.29) is 6.04 Å². The minimum atomic E-state index is -0.105. The molecule has 0 bridgehead atoms. The highest BCUT2D eigenvalue weighted by atomic mass is 16.5. The summed E-state index contributed by atoms with van der Waals surface area (Å²) < 4.78 is 5.67. The minimum absolute atomic E-state index is 0.105. The lowest BCUT2D eigenvalue weighted by atomic mass is 9.97. The highest BCUT2D eigenvalue weighted by molar-refractivity contribution is 5.37. The molecule has 0 spiro atoms. The van der Waals surface area contributed by atoms with Gasteiger partial charge in [0.25, 0.3) is 0 Å². The average molecular weight is 269 g/mol. The number of rotatable bonds is 6. The molecule has 0 aliphatic carbocycles. The number of benzene rings is 2. The predicted octanol–water partition coefficient (Wildman–Crippen LogP) is 4.09. The molecule has 0 aliphatic rings. The van der Waals surface area contributed by atoms with E-state index in [1.54, 1.807) is 0 Å². The summed E-state index contributed by atoms with van der Waals surface area (Å²) in [5.74, 6) is 0.895. The zero-order valence-corrected chi connectivity index (χ0v) is 12.3. The first-order valence-corrected chi connectivity index (χ1v) is 7.31. The number of hydrogen-bond donors (Lipinski definition) is 1. The lowest BCUT2D eigenvalue weighted by Gasteiger charge is -2.15. The van der Waals surface area contributed by atoms with Crippen molar-refractivity contribution >= 4 is 0 Å². The molecule has 0 heterocycles. The van der Waals surface area contributed by atoms with Crippen molar-refractivity contribution in [2.45, 2.75) is 32.7 Å². The van der Waals surface area contributed by atoms with Gasteiger partial charge in [-0.25, -0.2) is 0 Å². The van der Waals surface area contributed by atoms with Crippen LogP contribution in [0.4, 0.5) is 0 Å². The fourth-order valence-corrected chi connectivity index (χ4v) is 2.22. The Morgan fingerprint density at radius 2 is 1.70 bits per heavy atom. The fourth-order valence-electron chi connectivity index (χ4n) is 2.22. The zero-order valence-electron chi connectivity index (χ0n) is 12.3. The average Bonchev–Trinajstić information content (AvgIpc) is 2.52. The maximum atomic E-state index is 6.38. The van der Waals surface area contributed by atoms with Gasteiger partial charge in [0.05, 0.1) is 12.6 Å². The molecule has 0 amide bonds. The predicted molar refractivity (Wildman–Crippen MR) is 84.1 cm³/mol. The van der Waals surface area contributed by atoms with E-state index in [4.69, 9.17) is 10.5 Å². The van der Waals surface area contributed by atoms with Crippen LogP contribution in [0.15, 0.2) is 48.5 Å². The van der Waals surface area contributed by atoms with Gasteiger partial charge in [-0.3, -0.25) is 0 Å². The number of hydrogen-bond acceptors (Lipinski definition) is 2. The largest absolute Gasteiger partial charge is 0.494 e. The van der Waals surface area contributed by atoms with Gasteiger partial charge in [-0.05, 0) is 41.7 Å². The van der Waals surface area contributed by atoms with E-state index in [0.717, 1.165) is 36.3 Å². The van der Waals surface area contributed by atoms with Crippen LogP contribution in [0, 0.1) is 0 Å². The minimum Gasteiger partial charge on any atom is -0.494 e. The molecule has 0 radical (unpaired) electrons. The molecule has 0 saturated carbocycles. The van der Waals surface area contributed by atoms with Crippen LogP contribution in [0.2, 0.25) is 0 Å². The van der Waals surface area contributed by atoms with Crippen molar-refractivity contribution in [3.8, 4) is 5.75 Å². The standard InChI is InChI=1S/C18H23NO/c1-3-11-20-17-10-6-9-16(13-17)18(19)15-8-5-7-14(4-2)12-15/h5-10,12-13,18H,3-4,11,19H2,1-2H3. The molecule has 0 fully saturated rings. The molecule has 106 valence electrons. The monoisotopic (exact) mass is 269 g/mol. The van der Waals surface area contributed by atoms with Crippen LogP contribution in [0.5, 0.6) is 5.75 Å². The highest BCUT2D eigenvalue weighted by Crippen LogP contribution is 2.24. The van der Waals surface area contributed by atoms with E-state index < -0.39 is 0 Å². The van der Waals surface area contributed by atoms with Gasteiger partial charge in [0.15, 0.2) is 0 Å². The molecule has 2 aromatic rings. The Hall–Kier alpha value is -1.80. The normalized spacial score (nSPS) is 12.2. The van der Waals surface area contributed by atoms with Crippen LogP contribution in [0.1, 0.15) is 43.0 Å². The number of aryl methyl sites for hydroxylation is 1. The van der Waals surface area contributed by atoms with E-state index in [1.165, 1.54) is 5.56 Å². The van der Waals surface area contributed by atoms with E-state index in [2.05, 4.69) is 44.2 Å². The topological polar surface area (TPSA) is 35.2 Å². The van der Waals surface area contributed by atoms with Crippen LogP contribution in [-0.4, -0.2) is 6.61 Å². The molecule has 0 aromatic heterocycles. The fraction of sp³-hybridized carbons (Fsp3) is 0.333. The molecule has 0 saturated heterocycles. The first kappa shape index (κ1) is 14.6. The van der Waals surface area contributed by atoms with Crippen molar-refractivity contribution in [2.24, 2.45) is 5.73 Å². The van der Waals surface area contributed by atoms with Gasteiger partial charge in [0.2, 0.25) is 0 Å². The van der Waals surface area contributed by atoms with Crippen LogP contribution < -0.4 is 10.5 Å². The summed E-state index contributed by atoms with van der Waals surface area (Å²) in [4.78, 5) is 0. The Labute approximate surface area is 121 Å². The Morgan fingerprint density at radius 3 is 2.40 bits per heavy atom. The van der Waals surface area contributed by atoms with E-state index in [1.807, 2.05) is 18.2 Å². The van der Waals surface area contributed by atoms with Crippen LogP contribution >= 0.6 is 0 Å². The van der Waals surface area contributed by atoms with Gasteiger partial charge in [0, 0.05) is 0 Å². The molecule has 20 heavy (non-hydrogen) atoms. The van der Waals surface area contributed by atoms with E-state index in [9.17, 15) is 0 Å². The second-order valence-corrected chi connectivity index (χ2v) is 5.00. The molecular weight excluding hydrogens is 246 g/mol. The smallest absolute Gasteiger partial charge is 0.119 e. The summed E-state index contributed by atoms with van der Waals surface area (Å²) in [7, 11) is 0. The summed E-state index contributed by atoms with van der Waals surface area (Å²) in [5.41, 5.74) is 9.94. The SMILES string of the molecule is CCCOc1cccc(C(N)c2cccc(CC)c2)c1. The van der Waals surface area contributed by atoms with Gasteiger partial charge in [0.1, 0.15) is 5.75 Å². The second kappa shape index (κ2) is 7.11. The van der Waals surface area contributed by atoms with Gasteiger partial charge in [-0.2, -0.15) is 0 Å². The summed E-state index contributed by atoms with van der Waals surface area (Å²) >= 11 is 0. The van der Waals surface area contributed by atoms with Crippen molar-refractivity contribution in [1.82, 2.24) is 0 Å². The van der Waals surface area contributed by atoms with Crippen molar-refractivity contribution in [1.29, 1.82) is 0 Å². The molecule has 1 unspecified atom stereocenters. The summed E-state index contributed by atoms with van der Waals surface area (Å²) in [5, 5.41) is 0. The maximum Gasteiger partial charge on any atom is 0.119 e. The van der Waals surface area contributed by atoms with Gasteiger partial charge >= 0.3 is 0 Å². The summed E-state index contributed by atoms with van der Waals surface area (Å²) in [6.07, 6.45) is 2.04. The lowest BCUT2D eigenvalue weighted by Crippen LogP contribution is -2.12. The molecule has 1 atom stereocenters. The molecule has 2 rings (SSSR count). The van der Waals surface area contributed by atoms with Crippen molar-refractivity contribution in [2.75, 3.05) is 6.61 Å².